The molecule has 1 spiro atoms. The third-order valence-corrected chi connectivity index (χ3v) is 5.76. The minimum absolute atomic E-state index is 0.0385. The van der Waals surface area contributed by atoms with Crippen LogP contribution in [0.5, 0.6) is 0 Å². The number of amides is 2. The second-order valence-corrected chi connectivity index (χ2v) is 8.21. The van der Waals surface area contributed by atoms with Crippen LogP contribution in [0.1, 0.15) is 71.6 Å². The van der Waals surface area contributed by atoms with Crippen LogP contribution in [0.3, 0.4) is 0 Å². The maximum absolute atomic E-state index is 12.2. The normalized spacial score (nSPS) is 21.9. The van der Waals surface area contributed by atoms with Crippen molar-refractivity contribution in [1.82, 2.24) is 10.2 Å². The smallest absolute Gasteiger partial charge is 0.317 e. The van der Waals surface area contributed by atoms with Gasteiger partial charge in [0.2, 0.25) is 0 Å². The molecule has 1 aliphatic heterocycles. The van der Waals surface area contributed by atoms with Crippen molar-refractivity contribution in [2.75, 3.05) is 26.2 Å². The van der Waals surface area contributed by atoms with Crippen molar-refractivity contribution in [2.24, 2.45) is 10.8 Å². The summed E-state index contributed by atoms with van der Waals surface area (Å²) in [5, 5.41) is 12.3. The third-order valence-electron chi connectivity index (χ3n) is 5.76. The van der Waals surface area contributed by atoms with Crippen molar-refractivity contribution in [3.63, 3.8) is 0 Å². The summed E-state index contributed by atoms with van der Waals surface area (Å²) >= 11 is 0. The van der Waals surface area contributed by atoms with Crippen LogP contribution in [0.2, 0.25) is 0 Å². The molecule has 0 bridgehead atoms. The van der Waals surface area contributed by atoms with Gasteiger partial charge in [-0.05, 0) is 49.4 Å². The van der Waals surface area contributed by atoms with E-state index in [1.165, 1.54) is 44.9 Å². The van der Waals surface area contributed by atoms with Crippen molar-refractivity contribution < 1.29 is 9.90 Å². The monoisotopic (exact) mass is 310 g/mol. The largest absolute Gasteiger partial charge is 0.396 e. The van der Waals surface area contributed by atoms with Crippen LogP contribution in [0.4, 0.5) is 4.79 Å². The Balaban J connectivity index is 1.65. The predicted molar refractivity (Wildman–Crippen MR) is 89.8 cm³/mol. The minimum atomic E-state index is -0.0385. The van der Waals surface area contributed by atoms with E-state index in [4.69, 9.17) is 0 Å². The van der Waals surface area contributed by atoms with E-state index < -0.39 is 0 Å². The van der Waals surface area contributed by atoms with E-state index in [1.807, 2.05) is 4.90 Å². The molecule has 1 heterocycles. The number of urea groups is 1. The molecule has 0 atom stereocenters. The first-order valence-electron chi connectivity index (χ1n) is 9.10. The summed E-state index contributed by atoms with van der Waals surface area (Å²) in [6, 6.07) is 0.104. The molecule has 2 fully saturated rings. The van der Waals surface area contributed by atoms with E-state index in [-0.39, 0.29) is 18.1 Å². The van der Waals surface area contributed by atoms with Gasteiger partial charge in [0.1, 0.15) is 0 Å². The molecule has 4 heteroatoms. The lowest BCUT2D eigenvalue weighted by atomic mass is 9.68. The van der Waals surface area contributed by atoms with Crippen molar-refractivity contribution in [3.8, 4) is 0 Å². The fourth-order valence-electron chi connectivity index (χ4n) is 3.94. The van der Waals surface area contributed by atoms with Crippen LogP contribution >= 0.6 is 0 Å². The maximum Gasteiger partial charge on any atom is 0.317 e. The number of hydrogen-bond donors (Lipinski definition) is 2. The van der Waals surface area contributed by atoms with Gasteiger partial charge in [0.25, 0.3) is 0 Å². The van der Waals surface area contributed by atoms with Gasteiger partial charge in [0, 0.05) is 26.2 Å². The van der Waals surface area contributed by atoms with Crippen LogP contribution in [0, 0.1) is 10.8 Å². The number of aliphatic hydroxyl groups is 1. The lowest BCUT2D eigenvalue weighted by Crippen LogP contribution is -2.48. The Morgan fingerprint density at radius 3 is 2.36 bits per heavy atom. The Hall–Kier alpha value is -0.770. The molecule has 1 aliphatic carbocycles. The second-order valence-electron chi connectivity index (χ2n) is 8.21. The molecule has 0 aromatic rings. The summed E-state index contributed by atoms with van der Waals surface area (Å²) in [6.45, 7) is 6.88. The Bertz CT molecular complexity index is 352. The zero-order chi connectivity index (χ0) is 16.1. The van der Waals surface area contributed by atoms with Gasteiger partial charge < -0.3 is 15.3 Å². The number of rotatable bonds is 5. The summed E-state index contributed by atoms with van der Waals surface area (Å²) in [6.07, 6.45) is 11.2. The average Bonchev–Trinajstić information content (AvgIpc) is 2.53. The Labute approximate surface area is 135 Å². The van der Waals surface area contributed by atoms with Gasteiger partial charge in [-0.1, -0.05) is 33.1 Å². The Morgan fingerprint density at radius 2 is 1.77 bits per heavy atom. The van der Waals surface area contributed by atoms with Gasteiger partial charge in [-0.15, -0.1) is 0 Å². The topological polar surface area (TPSA) is 52.6 Å². The number of carbonyl (C=O) groups excluding carboxylic acids is 1. The highest BCUT2D eigenvalue weighted by Crippen LogP contribution is 2.44. The number of nitrogens with zero attached hydrogens (tertiary/aromatic N) is 1. The Morgan fingerprint density at radius 1 is 1.14 bits per heavy atom. The quantitative estimate of drug-likeness (QED) is 0.763. The number of nitrogens with one attached hydrogen (secondary N) is 1. The van der Waals surface area contributed by atoms with Gasteiger partial charge in [-0.3, -0.25) is 0 Å². The fourth-order valence-corrected chi connectivity index (χ4v) is 3.94. The van der Waals surface area contributed by atoms with E-state index in [9.17, 15) is 9.90 Å². The lowest BCUT2D eigenvalue weighted by Gasteiger charge is -2.44. The van der Waals surface area contributed by atoms with Crippen molar-refractivity contribution in [2.45, 2.75) is 71.6 Å². The van der Waals surface area contributed by atoms with E-state index in [2.05, 4.69) is 19.2 Å². The highest BCUT2D eigenvalue weighted by molar-refractivity contribution is 5.74. The van der Waals surface area contributed by atoms with E-state index in [0.717, 1.165) is 25.9 Å². The van der Waals surface area contributed by atoms with Crippen LogP contribution in [0.25, 0.3) is 0 Å². The van der Waals surface area contributed by atoms with Crippen molar-refractivity contribution in [1.29, 1.82) is 0 Å². The maximum atomic E-state index is 12.2. The molecule has 22 heavy (non-hydrogen) atoms. The van der Waals surface area contributed by atoms with Crippen molar-refractivity contribution >= 4 is 6.03 Å². The average molecular weight is 310 g/mol. The lowest BCUT2D eigenvalue weighted by molar-refractivity contribution is 0.0811. The first-order chi connectivity index (χ1) is 10.5. The Kier molecular flexibility index (Phi) is 6.13. The minimum Gasteiger partial charge on any atom is -0.396 e. The summed E-state index contributed by atoms with van der Waals surface area (Å²) in [4.78, 5) is 14.2. The molecule has 1 saturated carbocycles. The van der Waals surface area contributed by atoms with E-state index in [0.29, 0.717) is 12.0 Å². The van der Waals surface area contributed by atoms with Gasteiger partial charge in [-0.2, -0.15) is 0 Å². The molecular formula is C18H34N2O2. The molecule has 128 valence electrons. The summed E-state index contributed by atoms with van der Waals surface area (Å²) in [7, 11) is 0. The fraction of sp³-hybridized carbons (Fsp3) is 0.944. The summed E-state index contributed by atoms with van der Waals surface area (Å²) in [5.41, 5.74) is 0.517. The van der Waals surface area contributed by atoms with Crippen LogP contribution in [-0.4, -0.2) is 42.3 Å². The molecule has 0 aromatic heterocycles. The molecule has 0 unspecified atom stereocenters. The number of hydrogen-bond acceptors (Lipinski definition) is 2. The van der Waals surface area contributed by atoms with Crippen LogP contribution in [0.15, 0.2) is 0 Å². The van der Waals surface area contributed by atoms with Gasteiger partial charge in [0.05, 0.1) is 0 Å². The first-order valence-corrected chi connectivity index (χ1v) is 9.10. The first kappa shape index (κ1) is 17.6. The second kappa shape index (κ2) is 7.67. The van der Waals surface area contributed by atoms with E-state index >= 15 is 0 Å². The zero-order valence-corrected chi connectivity index (χ0v) is 14.5. The summed E-state index contributed by atoms with van der Waals surface area (Å²) in [5.74, 6) is 0. The summed E-state index contributed by atoms with van der Waals surface area (Å²) < 4.78 is 0. The molecule has 2 N–H and O–H groups in total. The van der Waals surface area contributed by atoms with E-state index in [1.54, 1.807) is 0 Å². The van der Waals surface area contributed by atoms with Crippen molar-refractivity contribution in [3.05, 3.63) is 0 Å². The highest BCUT2D eigenvalue weighted by Gasteiger charge is 2.36. The van der Waals surface area contributed by atoms with Gasteiger partial charge in [-0.25, -0.2) is 4.79 Å². The SMILES string of the molecule is CC(C)(CO)CCCNC(=O)N1CCC2(CCCCC2)CC1. The highest BCUT2D eigenvalue weighted by atomic mass is 16.3. The standard InChI is InChI=1S/C18H34N2O2/c1-17(2,15-21)7-6-12-19-16(22)20-13-10-18(11-14-20)8-4-3-5-9-18/h21H,3-15H2,1-2H3,(H,19,22). The molecule has 2 amide bonds. The number of likely N-dealkylation sites (tertiary alicyclic amines) is 1. The molecule has 2 aliphatic rings. The van der Waals surface area contributed by atoms with Crippen LogP contribution < -0.4 is 5.32 Å². The molecular weight excluding hydrogens is 276 g/mol. The number of carbonyl (C=O) groups is 1. The molecule has 1 saturated heterocycles. The number of piperidine rings is 1. The zero-order valence-electron chi connectivity index (χ0n) is 14.5. The van der Waals surface area contributed by atoms with Crippen LogP contribution in [-0.2, 0) is 0 Å². The van der Waals surface area contributed by atoms with Gasteiger partial charge in [0.15, 0.2) is 0 Å². The molecule has 2 rings (SSSR count). The molecule has 0 radical (unpaired) electrons. The van der Waals surface area contributed by atoms with Gasteiger partial charge >= 0.3 is 6.03 Å². The predicted octanol–water partition coefficient (Wildman–Crippen LogP) is 3.54. The molecule has 4 nitrogen and oxygen atoms in total. The number of aliphatic hydroxyl groups excluding tert-OH is 1. The molecule has 0 aromatic carbocycles. The third kappa shape index (κ3) is 4.87.